The fraction of sp³-hybridized carbons (Fsp3) is 0.467. The molecule has 0 aromatic heterocycles. The molecule has 3 rings (SSSR count). The Kier molecular flexibility index (Phi) is 4.01. The van der Waals surface area contributed by atoms with Gasteiger partial charge in [0.1, 0.15) is 0 Å². The Balaban J connectivity index is 1.71. The molecule has 23 heavy (non-hydrogen) atoms. The van der Waals surface area contributed by atoms with Crippen LogP contribution < -0.4 is 5.73 Å². The van der Waals surface area contributed by atoms with Gasteiger partial charge >= 0.3 is 6.18 Å². The summed E-state index contributed by atoms with van der Waals surface area (Å²) in [4.78, 5) is 19.0. The van der Waals surface area contributed by atoms with Crippen LogP contribution in [0.2, 0.25) is 0 Å². The van der Waals surface area contributed by atoms with Crippen molar-refractivity contribution in [1.82, 2.24) is 4.90 Å². The van der Waals surface area contributed by atoms with Gasteiger partial charge < -0.3 is 15.5 Å². The Hall–Kier alpha value is -2.09. The van der Waals surface area contributed by atoms with Gasteiger partial charge in [-0.05, 0) is 25.0 Å². The molecule has 0 spiro atoms. The average Bonchev–Trinajstić information content (AvgIpc) is 3.15. The number of amides is 1. The van der Waals surface area contributed by atoms with Crippen LogP contribution in [0.4, 0.5) is 13.2 Å². The highest BCUT2D eigenvalue weighted by Gasteiger charge is 2.37. The quantitative estimate of drug-likeness (QED) is 0.904. The topological polar surface area (TPSA) is 67.9 Å². The predicted octanol–water partition coefficient (Wildman–Crippen LogP) is 2.11. The highest BCUT2D eigenvalue weighted by molar-refractivity contribution is 6.04. The summed E-state index contributed by atoms with van der Waals surface area (Å²) < 4.78 is 38.3. The third kappa shape index (κ3) is 3.17. The summed E-state index contributed by atoms with van der Waals surface area (Å²) in [7, 11) is 0. The summed E-state index contributed by atoms with van der Waals surface area (Å²) in [5.74, 6) is -0.263. The molecule has 2 aliphatic heterocycles. The summed E-state index contributed by atoms with van der Waals surface area (Å²) in [6, 6.07) is 4.83. The summed E-state index contributed by atoms with van der Waals surface area (Å²) in [5, 5.41) is 3.79. The third-order valence-electron chi connectivity index (χ3n) is 4.05. The summed E-state index contributed by atoms with van der Waals surface area (Å²) in [6.07, 6.45) is -3.86. The van der Waals surface area contributed by atoms with Gasteiger partial charge in [-0.3, -0.25) is 4.79 Å². The first-order chi connectivity index (χ1) is 10.9. The monoisotopic (exact) mass is 327 g/mol. The number of halogens is 3. The van der Waals surface area contributed by atoms with Gasteiger partial charge in [0.2, 0.25) is 6.10 Å². The van der Waals surface area contributed by atoms with Crippen molar-refractivity contribution in [3.05, 3.63) is 35.4 Å². The molecule has 0 aliphatic carbocycles. The van der Waals surface area contributed by atoms with Crippen LogP contribution in [0.5, 0.6) is 0 Å². The normalized spacial score (nSPS) is 24.5. The minimum absolute atomic E-state index is 0.142. The first kappa shape index (κ1) is 15.8. The molecule has 1 aromatic rings. The van der Waals surface area contributed by atoms with Gasteiger partial charge in [-0.2, -0.15) is 13.2 Å². The van der Waals surface area contributed by atoms with Crippen LogP contribution in [-0.4, -0.2) is 35.3 Å². The van der Waals surface area contributed by atoms with E-state index in [0.29, 0.717) is 17.8 Å². The van der Waals surface area contributed by atoms with Crippen LogP contribution in [0.15, 0.2) is 29.4 Å². The van der Waals surface area contributed by atoms with Crippen molar-refractivity contribution in [1.29, 1.82) is 0 Å². The lowest BCUT2D eigenvalue weighted by Gasteiger charge is -2.23. The molecule has 1 aromatic carbocycles. The zero-order chi connectivity index (χ0) is 16.6. The minimum atomic E-state index is -4.42. The molecule has 2 N–H and O–H groups in total. The van der Waals surface area contributed by atoms with E-state index in [0.717, 1.165) is 25.0 Å². The van der Waals surface area contributed by atoms with Crippen LogP contribution >= 0.6 is 0 Å². The maximum Gasteiger partial charge on any atom is 0.416 e. The first-order valence-electron chi connectivity index (χ1n) is 7.32. The molecule has 124 valence electrons. The van der Waals surface area contributed by atoms with Crippen molar-refractivity contribution < 1.29 is 22.8 Å². The van der Waals surface area contributed by atoms with Crippen molar-refractivity contribution >= 4 is 11.6 Å². The SMILES string of the molecule is NC1CCCN1C(=O)C1CC(c2cccc(C(F)(F)F)c2)=NO1. The molecular formula is C15H16F3N3O2. The second kappa shape index (κ2) is 5.84. The van der Waals surface area contributed by atoms with Gasteiger partial charge in [-0.15, -0.1) is 0 Å². The fourth-order valence-corrected chi connectivity index (χ4v) is 2.81. The number of likely N-dealkylation sites (tertiary alicyclic amines) is 1. The Bertz CT molecular complexity index is 645. The zero-order valence-electron chi connectivity index (χ0n) is 12.2. The molecule has 2 unspecified atom stereocenters. The molecule has 0 saturated carbocycles. The number of alkyl halides is 3. The average molecular weight is 327 g/mol. The van der Waals surface area contributed by atoms with E-state index in [-0.39, 0.29) is 18.5 Å². The summed E-state index contributed by atoms with van der Waals surface area (Å²) in [6.45, 7) is 0.568. The maximum atomic E-state index is 12.8. The zero-order valence-corrected chi connectivity index (χ0v) is 12.2. The first-order valence-corrected chi connectivity index (χ1v) is 7.32. The highest BCUT2D eigenvalue weighted by atomic mass is 19.4. The van der Waals surface area contributed by atoms with Crippen molar-refractivity contribution in [2.45, 2.75) is 37.7 Å². The van der Waals surface area contributed by atoms with Gasteiger partial charge in [0.15, 0.2) is 0 Å². The van der Waals surface area contributed by atoms with Gasteiger partial charge in [0.05, 0.1) is 17.4 Å². The number of carbonyl (C=O) groups is 1. The number of nitrogens with two attached hydrogens (primary N) is 1. The Morgan fingerprint density at radius 1 is 1.39 bits per heavy atom. The van der Waals surface area contributed by atoms with Crippen molar-refractivity contribution in [3.63, 3.8) is 0 Å². The molecule has 1 fully saturated rings. The largest absolute Gasteiger partial charge is 0.416 e. The number of oxime groups is 1. The van der Waals surface area contributed by atoms with Crippen LogP contribution in [0, 0.1) is 0 Å². The summed E-state index contributed by atoms with van der Waals surface area (Å²) in [5.41, 5.74) is 5.73. The van der Waals surface area contributed by atoms with E-state index in [9.17, 15) is 18.0 Å². The minimum Gasteiger partial charge on any atom is -0.382 e. The molecule has 2 aliphatic rings. The molecule has 1 saturated heterocycles. The predicted molar refractivity (Wildman–Crippen MR) is 76.4 cm³/mol. The van der Waals surface area contributed by atoms with Gasteiger partial charge in [0.25, 0.3) is 5.91 Å². The lowest BCUT2D eigenvalue weighted by Crippen LogP contribution is -2.46. The second-order valence-electron chi connectivity index (χ2n) is 5.66. The Morgan fingerprint density at radius 3 is 2.83 bits per heavy atom. The fourth-order valence-electron chi connectivity index (χ4n) is 2.81. The lowest BCUT2D eigenvalue weighted by molar-refractivity contribution is -0.142. The van der Waals surface area contributed by atoms with E-state index >= 15 is 0 Å². The molecule has 1 amide bonds. The maximum absolute atomic E-state index is 12.8. The number of nitrogens with zero attached hydrogens (tertiary/aromatic N) is 2. The molecule has 0 radical (unpaired) electrons. The lowest BCUT2D eigenvalue weighted by atomic mass is 10.0. The molecule has 2 atom stereocenters. The Labute approximate surface area is 130 Å². The standard InChI is InChI=1S/C15H16F3N3O2/c16-15(17,18)10-4-1-3-9(7-10)11-8-12(23-20-11)14(22)21-6-2-5-13(21)19/h1,3-4,7,12-13H,2,5-6,8,19H2. The number of rotatable bonds is 2. The molecular weight excluding hydrogens is 311 g/mol. The molecule has 5 nitrogen and oxygen atoms in total. The van der Waals surface area contributed by atoms with Crippen LogP contribution in [0.1, 0.15) is 30.4 Å². The molecule has 0 bridgehead atoms. The van der Waals surface area contributed by atoms with E-state index in [2.05, 4.69) is 5.16 Å². The van der Waals surface area contributed by atoms with Gasteiger partial charge in [-0.1, -0.05) is 17.3 Å². The Morgan fingerprint density at radius 2 is 2.17 bits per heavy atom. The van der Waals surface area contributed by atoms with Gasteiger partial charge in [0, 0.05) is 18.5 Å². The number of hydrogen-bond donors (Lipinski definition) is 1. The number of carbonyl (C=O) groups excluding carboxylic acids is 1. The smallest absolute Gasteiger partial charge is 0.382 e. The van der Waals surface area contributed by atoms with E-state index in [1.54, 1.807) is 0 Å². The van der Waals surface area contributed by atoms with Crippen molar-refractivity contribution in [3.8, 4) is 0 Å². The van der Waals surface area contributed by atoms with E-state index in [1.165, 1.54) is 17.0 Å². The number of hydrogen-bond acceptors (Lipinski definition) is 4. The molecule has 8 heteroatoms. The van der Waals surface area contributed by atoms with Crippen molar-refractivity contribution in [2.24, 2.45) is 10.9 Å². The summed E-state index contributed by atoms with van der Waals surface area (Å²) >= 11 is 0. The van der Waals surface area contributed by atoms with Gasteiger partial charge in [-0.25, -0.2) is 0 Å². The molecule has 2 heterocycles. The van der Waals surface area contributed by atoms with E-state index < -0.39 is 17.8 Å². The van der Waals surface area contributed by atoms with Crippen LogP contribution in [-0.2, 0) is 15.8 Å². The third-order valence-corrected chi connectivity index (χ3v) is 4.05. The second-order valence-corrected chi connectivity index (χ2v) is 5.66. The number of benzene rings is 1. The van der Waals surface area contributed by atoms with E-state index in [1.807, 2.05) is 0 Å². The van der Waals surface area contributed by atoms with Crippen LogP contribution in [0.3, 0.4) is 0 Å². The highest BCUT2D eigenvalue weighted by Crippen LogP contribution is 2.30. The van der Waals surface area contributed by atoms with E-state index in [4.69, 9.17) is 10.6 Å². The van der Waals surface area contributed by atoms with Crippen LogP contribution in [0.25, 0.3) is 0 Å². The van der Waals surface area contributed by atoms with Crippen molar-refractivity contribution in [2.75, 3.05) is 6.54 Å².